The Morgan fingerprint density at radius 1 is 1.14 bits per heavy atom. The maximum atomic E-state index is 12.9. The quantitative estimate of drug-likeness (QED) is 0.256. The molecular weight excluding hydrogens is 490 g/mol. The Kier molecular flexibility index (Phi) is 8.52. The van der Waals surface area contributed by atoms with Crippen LogP contribution in [0.5, 0.6) is 5.75 Å². The standard InChI is InChI=1S/C23H23N5O7S/c1-12-6-17(21(32)26-8-13-4-3-5-14(29)7-13)36-19(12)22(33)28-16(23(34)35-2)10-27-20(31)15-9-25-18(30)11-24-15/h3-7,9,11,16,29H,8,10H2,1-2H3,(H,25,30)(H,26,32)(H,27,31)(H,28,33). The molecule has 1 aromatic carbocycles. The molecule has 0 aliphatic heterocycles. The smallest absolute Gasteiger partial charge is 0.330 e. The van der Waals surface area contributed by atoms with Gasteiger partial charge < -0.3 is 30.8 Å². The molecule has 0 radical (unpaired) electrons. The minimum absolute atomic E-state index is 0.0824. The molecule has 2 heterocycles. The van der Waals surface area contributed by atoms with Gasteiger partial charge in [-0.25, -0.2) is 9.78 Å². The van der Waals surface area contributed by atoms with Gasteiger partial charge in [0.25, 0.3) is 23.3 Å². The normalized spacial score (nSPS) is 11.3. The molecule has 5 N–H and O–H groups in total. The lowest BCUT2D eigenvalue weighted by Crippen LogP contribution is -2.49. The van der Waals surface area contributed by atoms with E-state index in [2.05, 4.69) is 25.9 Å². The SMILES string of the molecule is COC(=O)C(CNC(=O)c1c[nH]c(=O)cn1)NC(=O)c1sc(C(=O)NCc2cccc(O)c2)cc1C. The number of amides is 3. The summed E-state index contributed by atoms with van der Waals surface area (Å²) in [6.45, 7) is 1.52. The summed E-state index contributed by atoms with van der Waals surface area (Å²) in [6.07, 6.45) is 2.05. The number of esters is 1. The highest BCUT2D eigenvalue weighted by Gasteiger charge is 2.26. The van der Waals surface area contributed by atoms with E-state index in [0.29, 0.717) is 11.1 Å². The van der Waals surface area contributed by atoms with Crippen molar-refractivity contribution >= 4 is 35.0 Å². The van der Waals surface area contributed by atoms with Gasteiger partial charge in [0.15, 0.2) is 0 Å². The van der Waals surface area contributed by atoms with E-state index in [1.165, 1.54) is 12.1 Å². The predicted molar refractivity (Wildman–Crippen MR) is 129 cm³/mol. The second kappa shape index (κ2) is 11.8. The minimum atomic E-state index is -1.22. The zero-order valence-corrected chi connectivity index (χ0v) is 20.1. The van der Waals surface area contributed by atoms with Gasteiger partial charge in [-0.1, -0.05) is 12.1 Å². The lowest BCUT2D eigenvalue weighted by Gasteiger charge is -2.17. The van der Waals surface area contributed by atoms with E-state index in [1.54, 1.807) is 25.1 Å². The highest BCUT2D eigenvalue weighted by molar-refractivity contribution is 7.16. The van der Waals surface area contributed by atoms with Crippen molar-refractivity contribution in [2.24, 2.45) is 0 Å². The number of hydrogen-bond acceptors (Lipinski definition) is 9. The summed E-state index contributed by atoms with van der Waals surface area (Å²) in [5, 5.41) is 17.2. The lowest BCUT2D eigenvalue weighted by atomic mass is 10.2. The van der Waals surface area contributed by atoms with E-state index in [0.717, 1.165) is 30.8 Å². The Bertz CT molecular complexity index is 1330. The number of phenolic OH excluding ortho intramolecular Hbond substituents is 1. The van der Waals surface area contributed by atoms with Crippen LogP contribution in [0, 0.1) is 6.92 Å². The summed E-state index contributed by atoms with van der Waals surface area (Å²) >= 11 is 0.941. The van der Waals surface area contributed by atoms with Crippen LogP contribution in [0.25, 0.3) is 0 Å². The molecule has 0 fully saturated rings. The number of hydrogen-bond donors (Lipinski definition) is 5. The number of ether oxygens (including phenoxy) is 1. The topological polar surface area (TPSA) is 180 Å². The number of carbonyl (C=O) groups is 4. The minimum Gasteiger partial charge on any atom is -0.508 e. The molecule has 0 saturated heterocycles. The van der Waals surface area contributed by atoms with Crippen LogP contribution in [-0.2, 0) is 16.1 Å². The van der Waals surface area contributed by atoms with Crippen molar-refractivity contribution in [3.63, 3.8) is 0 Å². The largest absolute Gasteiger partial charge is 0.508 e. The number of carbonyl (C=O) groups excluding carboxylic acids is 4. The summed E-state index contributed by atoms with van der Waals surface area (Å²) in [4.78, 5) is 67.4. The first-order chi connectivity index (χ1) is 17.2. The molecule has 1 atom stereocenters. The van der Waals surface area contributed by atoms with Crippen LogP contribution in [0.15, 0.2) is 47.5 Å². The third kappa shape index (κ3) is 6.76. The summed E-state index contributed by atoms with van der Waals surface area (Å²) in [7, 11) is 1.14. The fourth-order valence-corrected chi connectivity index (χ4v) is 4.06. The van der Waals surface area contributed by atoms with E-state index in [9.17, 15) is 29.1 Å². The summed E-state index contributed by atoms with van der Waals surface area (Å²) in [5.74, 6) is -2.42. The maximum absolute atomic E-state index is 12.9. The molecule has 0 spiro atoms. The van der Waals surface area contributed by atoms with Crippen molar-refractivity contribution in [3.8, 4) is 5.75 Å². The van der Waals surface area contributed by atoms with Crippen LogP contribution in [0.2, 0.25) is 0 Å². The zero-order chi connectivity index (χ0) is 26.2. The number of aromatic amines is 1. The predicted octanol–water partition coefficient (Wildman–Crippen LogP) is 0.477. The summed E-state index contributed by atoms with van der Waals surface area (Å²) < 4.78 is 4.71. The Labute approximate surface area is 208 Å². The van der Waals surface area contributed by atoms with Crippen molar-refractivity contribution in [1.82, 2.24) is 25.9 Å². The number of nitrogens with one attached hydrogen (secondary N) is 4. The number of nitrogens with zero attached hydrogens (tertiary/aromatic N) is 1. The molecule has 0 aliphatic rings. The number of rotatable bonds is 9. The fourth-order valence-electron chi connectivity index (χ4n) is 3.07. The number of phenols is 1. The summed E-state index contributed by atoms with van der Waals surface area (Å²) in [5.41, 5.74) is 0.657. The van der Waals surface area contributed by atoms with Crippen molar-refractivity contribution < 1.29 is 29.0 Å². The van der Waals surface area contributed by atoms with E-state index in [-0.39, 0.29) is 34.3 Å². The molecule has 0 saturated carbocycles. The van der Waals surface area contributed by atoms with Crippen LogP contribution in [0.4, 0.5) is 0 Å². The van der Waals surface area contributed by atoms with Gasteiger partial charge in [0.1, 0.15) is 17.5 Å². The first-order valence-electron chi connectivity index (χ1n) is 10.6. The average molecular weight is 514 g/mol. The van der Waals surface area contributed by atoms with Crippen molar-refractivity contribution in [2.45, 2.75) is 19.5 Å². The second-order valence-corrected chi connectivity index (χ2v) is 8.58. The van der Waals surface area contributed by atoms with Gasteiger partial charge in [0.05, 0.1) is 23.1 Å². The number of benzene rings is 1. The molecule has 36 heavy (non-hydrogen) atoms. The first-order valence-corrected chi connectivity index (χ1v) is 11.4. The van der Waals surface area contributed by atoms with Gasteiger partial charge in [-0.05, 0) is 36.2 Å². The first kappa shape index (κ1) is 26.1. The van der Waals surface area contributed by atoms with Gasteiger partial charge in [-0.2, -0.15) is 0 Å². The van der Waals surface area contributed by atoms with Gasteiger partial charge in [-0.15, -0.1) is 11.3 Å². The van der Waals surface area contributed by atoms with Gasteiger partial charge in [0, 0.05) is 19.3 Å². The van der Waals surface area contributed by atoms with Crippen LogP contribution in [0.1, 0.15) is 41.0 Å². The Morgan fingerprint density at radius 2 is 1.92 bits per heavy atom. The number of methoxy groups -OCH3 is 1. The third-order valence-corrected chi connectivity index (χ3v) is 6.11. The number of aryl methyl sites for hydroxylation is 1. The van der Waals surface area contributed by atoms with Gasteiger partial charge >= 0.3 is 5.97 Å². The van der Waals surface area contributed by atoms with Crippen molar-refractivity contribution in [2.75, 3.05) is 13.7 Å². The Hall–Kier alpha value is -4.52. The van der Waals surface area contributed by atoms with E-state index in [1.807, 2.05) is 0 Å². The van der Waals surface area contributed by atoms with E-state index >= 15 is 0 Å². The van der Waals surface area contributed by atoms with E-state index < -0.39 is 35.3 Å². The zero-order valence-electron chi connectivity index (χ0n) is 19.3. The monoisotopic (exact) mass is 513 g/mol. The molecule has 12 nitrogen and oxygen atoms in total. The maximum Gasteiger partial charge on any atom is 0.330 e. The van der Waals surface area contributed by atoms with Crippen LogP contribution in [0.3, 0.4) is 0 Å². The highest BCUT2D eigenvalue weighted by Crippen LogP contribution is 2.22. The molecular formula is C23H23N5O7S. The number of thiophene rings is 1. The molecule has 188 valence electrons. The average Bonchev–Trinajstić information content (AvgIpc) is 3.26. The summed E-state index contributed by atoms with van der Waals surface area (Å²) in [6, 6.07) is 6.78. The number of H-pyrrole nitrogens is 1. The third-order valence-electron chi connectivity index (χ3n) is 4.87. The van der Waals surface area contributed by atoms with Crippen molar-refractivity contribution in [1.29, 1.82) is 0 Å². The fraction of sp³-hybridized carbons (Fsp3) is 0.217. The Balaban J connectivity index is 1.64. The van der Waals surface area contributed by atoms with Crippen LogP contribution >= 0.6 is 11.3 Å². The van der Waals surface area contributed by atoms with Crippen LogP contribution in [-0.4, -0.2) is 58.5 Å². The van der Waals surface area contributed by atoms with E-state index in [4.69, 9.17) is 4.74 Å². The molecule has 0 aliphatic carbocycles. The lowest BCUT2D eigenvalue weighted by molar-refractivity contribution is -0.142. The van der Waals surface area contributed by atoms with Crippen LogP contribution < -0.4 is 21.5 Å². The molecule has 0 bridgehead atoms. The molecule has 3 amide bonds. The van der Waals surface area contributed by atoms with Gasteiger partial charge in [0.2, 0.25) is 0 Å². The molecule has 2 aromatic heterocycles. The van der Waals surface area contributed by atoms with Gasteiger partial charge in [-0.3, -0.25) is 19.2 Å². The molecule has 3 rings (SSSR count). The molecule has 1 unspecified atom stereocenters. The Morgan fingerprint density at radius 3 is 2.58 bits per heavy atom. The highest BCUT2D eigenvalue weighted by atomic mass is 32.1. The molecule has 3 aromatic rings. The number of aromatic hydroxyl groups is 1. The number of aromatic nitrogens is 2. The second-order valence-electron chi connectivity index (χ2n) is 7.53. The van der Waals surface area contributed by atoms with Crippen molar-refractivity contribution in [3.05, 3.63) is 79.7 Å². The molecule has 13 heteroatoms.